The first-order valence-corrected chi connectivity index (χ1v) is 6.36. The van der Waals surface area contributed by atoms with Gasteiger partial charge in [-0.2, -0.15) is 0 Å². The molecule has 0 aliphatic carbocycles. The molecule has 0 unspecified atom stereocenters. The zero-order valence-corrected chi connectivity index (χ0v) is 10.9. The molecule has 1 aromatic heterocycles. The van der Waals surface area contributed by atoms with Gasteiger partial charge in [0.25, 0.3) is 0 Å². The molecule has 2 rings (SSSR count). The van der Waals surface area contributed by atoms with E-state index in [2.05, 4.69) is 49.7 Å². The number of aryl methyl sites for hydroxylation is 2. The van der Waals surface area contributed by atoms with Gasteiger partial charge in [0, 0.05) is 10.4 Å². The van der Waals surface area contributed by atoms with Gasteiger partial charge >= 0.3 is 0 Å². The van der Waals surface area contributed by atoms with Crippen molar-refractivity contribution in [1.29, 1.82) is 0 Å². The minimum absolute atomic E-state index is 1.03. The number of nitrogens with zero attached hydrogens (tertiary/aromatic N) is 1. The van der Waals surface area contributed by atoms with Crippen LogP contribution in [0, 0.1) is 13.8 Å². The molecule has 0 radical (unpaired) electrons. The molecule has 0 bridgehead atoms. The van der Waals surface area contributed by atoms with Crippen LogP contribution in [-0.4, -0.2) is 4.98 Å². The van der Waals surface area contributed by atoms with Crippen molar-refractivity contribution in [1.82, 2.24) is 4.98 Å². The molecular weight excluding hydrogens is 226 g/mol. The van der Waals surface area contributed by atoms with Gasteiger partial charge in [-0.15, -0.1) is 11.3 Å². The maximum atomic E-state index is 4.63. The van der Waals surface area contributed by atoms with Crippen molar-refractivity contribution in [2.45, 2.75) is 13.8 Å². The molecule has 0 amide bonds. The Morgan fingerprint density at radius 1 is 1.18 bits per heavy atom. The van der Waals surface area contributed by atoms with Crippen molar-refractivity contribution in [2.75, 3.05) is 0 Å². The van der Waals surface area contributed by atoms with Gasteiger partial charge in [-0.25, -0.2) is 4.98 Å². The molecule has 2 aromatic rings. The number of hydrogen-bond donors (Lipinski definition) is 0. The van der Waals surface area contributed by atoms with Crippen molar-refractivity contribution in [2.24, 2.45) is 0 Å². The summed E-state index contributed by atoms with van der Waals surface area (Å²) in [6.45, 7) is 7.86. The SMILES string of the molecule is C=C/C=C\c1nc(-c2ccc(C)cc2)sc1C. The third-order valence-corrected chi connectivity index (χ3v) is 3.56. The van der Waals surface area contributed by atoms with Crippen molar-refractivity contribution in [3.63, 3.8) is 0 Å². The monoisotopic (exact) mass is 241 g/mol. The zero-order valence-electron chi connectivity index (χ0n) is 10.1. The fourth-order valence-electron chi connectivity index (χ4n) is 1.54. The Kier molecular flexibility index (Phi) is 3.55. The minimum Gasteiger partial charge on any atom is -0.236 e. The lowest BCUT2D eigenvalue weighted by atomic mass is 10.2. The van der Waals surface area contributed by atoms with Crippen molar-refractivity contribution in [3.05, 3.63) is 59.1 Å². The number of rotatable bonds is 3. The number of allylic oxidation sites excluding steroid dienone is 2. The molecule has 0 aliphatic rings. The summed E-state index contributed by atoms with van der Waals surface area (Å²) in [6, 6.07) is 8.47. The lowest BCUT2D eigenvalue weighted by molar-refractivity contribution is 1.34. The Balaban J connectivity index is 2.37. The average Bonchev–Trinajstić information content (AvgIpc) is 2.69. The fourth-order valence-corrected chi connectivity index (χ4v) is 2.45. The van der Waals surface area contributed by atoms with Gasteiger partial charge in [-0.05, 0) is 19.9 Å². The maximum Gasteiger partial charge on any atom is 0.124 e. The van der Waals surface area contributed by atoms with E-state index in [0.717, 1.165) is 10.7 Å². The molecule has 0 saturated heterocycles. The normalized spacial score (nSPS) is 10.9. The third-order valence-electron chi connectivity index (χ3n) is 2.52. The topological polar surface area (TPSA) is 12.9 Å². The van der Waals surface area contributed by atoms with Crippen LogP contribution in [0.3, 0.4) is 0 Å². The largest absolute Gasteiger partial charge is 0.236 e. The van der Waals surface area contributed by atoms with E-state index in [1.165, 1.54) is 16.0 Å². The molecular formula is C15H15NS. The number of aromatic nitrogens is 1. The van der Waals surface area contributed by atoms with Crippen LogP contribution in [-0.2, 0) is 0 Å². The highest BCUT2D eigenvalue weighted by Crippen LogP contribution is 2.28. The first-order valence-electron chi connectivity index (χ1n) is 5.54. The van der Waals surface area contributed by atoms with E-state index in [9.17, 15) is 0 Å². The predicted molar refractivity (Wildman–Crippen MR) is 76.3 cm³/mol. The van der Waals surface area contributed by atoms with Crippen molar-refractivity contribution in [3.8, 4) is 10.6 Å². The Bertz CT molecular complexity index is 547. The number of hydrogen-bond acceptors (Lipinski definition) is 2. The second-order valence-corrected chi connectivity index (χ2v) is 5.12. The molecule has 86 valence electrons. The average molecular weight is 241 g/mol. The number of benzene rings is 1. The van der Waals surface area contributed by atoms with Crippen molar-refractivity contribution >= 4 is 17.4 Å². The quantitative estimate of drug-likeness (QED) is 0.714. The molecule has 0 N–H and O–H groups in total. The molecule has 0 spiro atoms. The minimum atomic E-state index is 1.03. The molecule has 0 saturated carbocycles. The second-order valence-electron chi connectivity index (χ2n) is 3.92. The van der Waals surface area contributed by atoms with E-state index >= 15 is 0 Å². The predicted octanol–water partition coefficient (Wildman–Crippen LogP) is 4.63. The highest BCUT2D eigenvalue weighted by Gasteiger charge is 2.06. The van der Waals surface area contributed by atoms with E-state index in [1.54, 1.807) is 17.4 Å². The lowest BCUT2D eigenvalue weighted by Crippen LogP contribution is -1.78. The Morgan fingerprint density at radius 2 is 1.88 bits per heavy atom. The van der Waals surface area contributed by atoms with Crippen LogP contribution in [0.1, 0.15) is 16.1 Å². The molecule has 2 heteroatoms. The smallest absolute Gasteiger partial charge is 0.124 e. The third kappa shape index (κ3) is 2.71. The summed E-state index contributed by atoms with van der Waals surface area (Å²) in [7, 11) is 0. The van der Waals surface area contributed by atoms with Gasteiger partial charge in [-0.1, -0.05) is 48.6 Å². The molecule has 17 heavy (non-hydrogen) atoms. The standard InChI is InChI=1S/C15H15NS/c1-4-5-6-14-12(3)17-15(16-14)13-9-7-11(2)8-10-13/h4-10H,1H2,2-3H3/b6-5-. The zero-order chi connectivity index (χ0) is 12.3. The van der Waals surface area contributed by atoms with Crippen LogP contribution in [0.25, 0.3) is 16.6 Å². The summed E-state index contributed by atoms with van der Waals surface area (Å²) < 4.78 is 0. The van der Waals surface area contributed by atoms with Gasteiger partial charge in [0.2, 0.25) is 0 Å². The summed E-state index contributed by atoms with van der Waals surface area (Å²) in [6.07, 6.45) is 5.68. The number of thiazole rings is 1. The van der Waals surface area contributed by atoms with Crippen LogP contribution in [0.5, 0.6) is 0 Å². The van der Waals surface area contributed by atoms with Gasteiger partial charge in [0.15, 0.2) is 0 Å². The first kappa shape index (κ1) is 11.8. The highest BCUT2D eigenvalue weighted by atomic mass is 32.1. The summed E-state index contributed by atoms with van der Waals surface area (Å²) in [5.41, 5.74) is 3.49. The Morgan fingerprint density at radius 3 is 2.53 bits per heavy atom. The summed E-state index contributed by atoms with van der Waals surface area (Å²) in [5, 5.41) is 1.08. The van der Waals surface area contributed by atoms with E-state index in [1.807, 2.05) is 12.2 Å². The highest BCUT2D eigenvalue weighted by molar-refractivity contribution is 7.15. The van der Waals surface area contributed by atoms with E-state index in [0.29, 0.717) is 0 Å². The van der Waals surface area contributed by atoms with E-state index < -0.39 is 0 Å². The van der Waals surface area contributed by atoms with Crippen LogP contribution < -0.4 is 0 Å². The van der Waals surface area contributed by atoms with Crippen molar-refractivity contribution < 1.29 is 0 Å². The van der Waals surface area contributed by atoms with Gasteiger partial charge < -0.3 is 0 Å². The van der Waals surface area contributed by atoms with Crippen LogP contribution >= 0.6 is 11.3 Å². The van der Waals surface area contributed by atoms with Gasteiger partial charge in [0.05, 0.1) is 5.69 Å². The molecule has 1 aromatic carbocycles. The van der Waals surface area contributed by atoms with Gasteiger partial charge in [0.1, 0.15) is 5.01 Å². The van der Waals surface area contributed by atoms with Crippen LogP contribution in [0.2, 0.25) is 0 Å². The van der Waals surface area contributed by atoms with E-state index in [4.69, 9.17) is 0 Å². The Labute approximate surface area is 106 Å². The molecule has 0 atom stereocenters. The molecule has 1 nitrogen and oxygen atoms in total. The fraction of sp³-hybridized carbons (Fsp3) is 0.133. The van der Waals surface area contributed by atoms with E-state index in [-0.39, 0.29) is 0 Å². The second kappa shape index (κ2) is 5.11. The molecule has 0 fully saturated rings. The van der Waals surface area contributed by atoms with Crippen LogP contribution in [0.4, 0.5) is 0 Å². The summed E-state index contributed by atoms with van der Waals surface area (Å²) in [4.78, 5) is 5.87. The summed E-state index contributed by atoms with van der Waals surface area (Å²) >= 11 is 1.73. The van der Waals surface area contributed by atoms with Gasteiger partial charge in [-0.3, -0.25) is 0 Å². The lowest BCUT2D eigenvalue weighted by Gasteiger charge is -1.96. The summed E-state index contributed by atoms with van der Waals surface area (Å²) in [5.74, 6) is 0. The molecule has 0 aliphatic heterocycles. The maximum absolute atomic E-state index is 4.63. The first-order chi connectivity index (χ1) is 8.20. The molecule has 1 heterocycles. The Hall–Kier alpha value is -1.67. The van der Waals surface area contributed by atoms with Crippen LogP contribution in [0.15, 0.2) is 43.0 Å².